The number of amides is 1. The fourth-order valence-electron chi connectivity index (χ4n) is 3.74. The van der Waals surface area contributed by atoms with Gasteiger partial charge in [0, 0.05) is 30.9 Å². The molecule has 2 heterocycles. The average Bonchev–Trinajstić information content (AvgIpc) is 3.06. The van der Waals surface area contributed by atoms with Crippen LogP contribution < -0.4 is 5.43 Å². The molecule has 1 saturated heterocycles. The quantitative estimate of drug-likeness (QED) is 0.828. The van der Waals surface area contributed by atoms with Gasteiger partial charge in [0.15, 0.2) is 0 Å². The van der Waals surface area contributed by atoms with Crippen LogP contribution in [0, 0.1) is 5.92 Å². The second-order valence-corrected chi connectivity index (χ2v) is 7.00. The summed E-state index contributed by atoms with van der Waals surface area (Å²) in [6.45, 7) is 4.30. The molecule has 3 rings (SSSR count). The van der Waals surface area contributed by atoms with Crippen molar-refractivity contribution >= 4 is 16.8 Å². The van der Waals surface area contributed by atoms with Crippen molar-refractivity contribution in [2.75, 3.05) is 27.2 Å². The van der Waals surface area contributed by atoms with Gasteiger partial charge in [-0.15, -0.1) is 0 Å². The molecule has 0 unspecified atom stereocenters. The van der Waals surface area contributed by atoms with Crippen LogP contribution in [0.4, 0.5) is 0 Å². The van der Waals surface area contributed by atoms with Gasteiger partial charge < -0.3 is 9.80 Å². The largest absolute Gasteiger partial charge is 0.341 e. The Labute approximate surface area is 148 Å². The van der Waals surface area contributed by atoms with Gasteiger partial charge in [-0.1, -0.05) is 25.5 Å². The third kappa shape index (κ3) is 3.58. The van der Waals surface area contributed by atoms with Gasteiger partial charge in [-0.2, -0.15) is 5.10 Å². The molecule has 0 N–H and O–H groups in total. The zero-order valence-corrected chi connectivity index (χ0v) is 15.2. The summed E-state index contributed by atoms with van der Waals surface area (Å²) < 4.78 is 1.76. The van der Waals surface area contributed by atoms with Gasteiger partial charge in [-0.25, -0.2) is 0 Å². The number of likely N-dealkylation sites (N-methyl/N-ethyl adjacent to an activating group) is 1. The maximum absolute atomic E-state index is 12.7. The fraction of sp³-hybridized carbons (Fsp3) is 0.526. The average molecular weight is 342 g/mol. The summed E-state index contributed by atoms with van der Waals surface area (Å²) in [5.74, 6) is 0.692. The van der Waals surface area contributed by atoms with E-state index in [1.165, 1.54) is 6.20 Å². The van der Waals surface area contributed by atoms with Gasteiger partial charge in [-0.05, 0) is 32.1 Å². The number of fused-ring (bicyclic) bond motifs is 1. The third-order valence-corrected chi connectivity index (χ3v) is 5.25. The summed E-state index contributed by atoms with van der Waals surface area (Å²) >= 11 is 0. The smallest absolute Gasteiger partial charge is 0.224 e. The number of carbonyl (C=O) groups is 1. The van der Waals surface area contributed by atoms with E-state index in [1.54, 1.807) is 10.7 Å². The number of para-hydroxylation sites is 1. The molecule has 0 bridgehead atoms. The highest BCUT2D eigenvalue weighted by Crippen LogP contribution is 2.24. The van der Waals surface area contributed by atoms with Crippen LogP contribution in [0.25, 0.3) is 10.9 Å². The van der Waals surface area contributed by atoms with Gasteiger partial charge in [-0.3, -0.25) is 14.3 Å². The first-order chi connectivity index (χ1) is 12.0. The van der Waals surface area contributed by atoms with E-state index in [-0.39, 0.29) is 11.3 Å². The standard InChI is InChI=1S/C19H26N4O2/c1-4-14-12-22(13-17(14)21(2)3)19(25)9-10-23-16-8-6-5-7-15(16)18(24)11-20-23/h5-8,11,14,17H,4,9-10,12-13H2,1-3H3/t14-,17+/m1/s1. The van der Waals surface area contributed by atoms with E-state index in [4.69, 9.17) is 0 Å². The maximum Gasteiger partial charge on any atom is 0.224 e. The van der Waals surface area contributed by atoms with E-state index in [2.05, 4.69) is 31.0 Å². The number of aromatic nitrogens is 2. The van der Waals surface area contributed by atoms with E-state index in [0.717, 1.165) is 25.0 Å². The van der Waals surface area contributed by atoms with Crippen LogP contribution in [-0.4, -0.2) is 58.7 Å². The Hall–Kier alpha value is -2.21. The van der Waals surface area contributed by atoms with Crippen molar-refractivity contribution in [3.63, 3.8) is 0 Å². The summed E-state index contributed by atoms with van der Waals surface area (Å²) in [6, 6.07) is 7.83. The van der Waals surface area contributed by atoms with Crippen molar-refractivity contribution in [2.24, 2.45) is 5.92 Å². The molecular weight excluding hydrogens is 316 g/mol. The van der Waals surface area contributed by atoms with Gasteiger partial charge in [0.2, 0.25) is 11.3 Å². The molecule has 134 valence electrons. The Kier molecular flexibility index (Phi) is 5.18. The SMILES string of the molecule is CC[C@@H]1CN(C(=O)CCn2ncc(=O)c3ccccc32)C[C@@H]1N(C)C. The number of likely N-dealkylation sites (tertiary alicyclic amines) is 1. The van der Waals surface area contributed by atoms with Crippen molar-refractivity contribution in [1.29, 1.82) is 0 Å². The van der Waals surface area contributed by atoms with Crippen molar-refractivity contribution in [2.45, 2.75) is 32.4 Å². The molecule has 25 heavy (non-hydrogen) atoms. The van der Waals surface area contributed by atoms with Crippen molar-refractivity contribution < 1.29 is 4.79 Å². The molecule has 2 aromatic rings. The number of carbonyl (C=O) groups excluding carboxylic acids is 1. The summed E-state index contributed by atoms with van der Waals surface area (Å²) in [5, 5.41) is 4.85. The predicted octanol–water partition coefficient (Wildman–Crippen LogP) is 1.59. The minimum Gasteiger partial charge on any atom is -0.341 e. The molecule has 6 nitrogen and oxygen atoms in total. The summed E-state index contributed by atoms with van der Waals surface area (Å²) in [7, 11) is 4.16. The predicted molar refractivity (Wildman–Crippen MR) is 98.5 cm³/mol. The first-order valence-electron chi connectivity index (χ1n) is 8.90. The third-order valence-electron chi connectivity index (χ3n) is 5.25. The minimum absolute atomic E-state index is 0.0858. The number of aryl methyl sites for hydroxylation is 1. The van der Waals surface area contributed by atoms with Crippen LogP contribution in [0.2, 0.25) is 0 Å². The van der Waals surface area contributed by atoms with E-state index >= 15 is 0 Å². The van der Waals surface area contributed by atoms with Crippen molar-refractivity contribution in [3.8, 4) is 0 Å². The first-order valence-corrected chi connectivity index (χ1v) is 8.90. The topological polar surface area (TPSA) is 58.4 Å². The Bertz CT molecular complexity index is 814. The lowest BCUT2D eigenvalue weighted by Gasteiger charge is -2.23. The first kappa shape index (κ1) is 17.6. The molecule has 0 radical (unpaired) electrons. The zero-order valence-electron chi connectivity index (χ0n) is 15.2. The zero-order chi connectivity index (χ0) is 18.0. The number of hydrogen-bond donors (Lipinski definition) is 0. The van der Waals surface area contributed by atoms with Crippen LogP contribution in [-0.2, 0) is 11.3 Å². The minimum atomic E-state index is -0.0858. The lowest BCUT2D eigenvalue weighted by Crippen LogP contribution is -2.36. The van der Waals surface area contributed by atoms with Gasteiger partial charge in [0.25, 0.3) is 0 Å². The molecular formula is C19H26N4O2. The molecule has 0 saturated carbocycles. The lowest BCUT2D eigenvalue weighted by molar-refractivity contribution is -0.130. The number of hydrogen-bond acceptors (Lipinski definition) is 4. The van der Waals surface area contributed by atoms with Crippen molar-refractivity contribution in [1.82, 2.24) is 19.6 Å². The Morgan fingerprint density at radius 3 is 2.72 bits per heavy atom. The van der Waals surface area contributed by atoms with Crippen molar-refractivity contribution in [3.05, 3.63) is 40.7 Å². The monoisotopic (exact) mass is 342 g/mol. The highest BCUT2D eigenvalue weighted by molar-refractivity contribution is 5.79. The van der Waals surface area contributed by atoms with Crippen LogP contribution >= 0.6 is 0 Å². The summed E-state index contributed by atoms with van der Waals surface area (Å²) in [5.41, 5.74) is 0.694. The molecule has 0 aliphatic carbocycles. The van der Waals surface area contributed by atoms with Crippen LogP contribution in [0.1, 0.15) is 19.8 Å². The highest BCUT2D eigenvalue weighted by Gasteiger charge is 2.34. The van der Waals surface area contributed by atoms with E-state index in [9.17, 15) is 9.59 Å². The summed E-state index contributed by atoms with van der Waals surface area (Å²) in [6.07, 6.45) is 2.81. The van der Waals surface area contributed by atoms with E-state index < -0.39 is 0 Å². The van der Waals surface area contributed by atoms with Crippen LogP contribution in [0.15, 0.2) is 35.3 Å². The highest BCUT2D eigenvalue weighted by atomic mass is 16.2. The second kappa shape index (κ2) is 7.35. The Morgan fingerprint density at radius 2 is 2.04 bits per heavy atom. The summed E-state index contributed by atoms with van der Waals surface area (Å²) in [4.78, 5) is 28.7. The molecule has 1 aromatic heterocycles. The molecule has 0 spiro atoms. The van der Waals surface area contributed by atoms with Gasteiger partial charge in [0.1, 0.15) is 0 Å². The Balaban J connectivity index is 1.69. The second-order valence-electron chi connectivity index (χ2n) is 7.00. The molecule has 6 heteroatoms. The molecule has 1 aliphatic heterocycles. The maximum atomic E-state index is 12.7. The normalized spacial score (nSPS) is 20.6. The molecule has 1 fully saturated rings. The Morgan fingerprint density at radius 1 is 1.28 bits per heavy atom. The number of rotatable bonds is 5. The number of nitrogens with zero attached hydrogens (tertiary/aromatic N) is 4. The lowest BCUT2D eigenvalue weighted by atomic mass is 10.0. The van der Waals surface area contributed by atoms with Gasteiger partial charge >= 0.3 is 0 Å². The molecule has 1 aromatic carbocycles. The van der Waals surface area contributed by atoms with Gasteiger partial charge in [0.05, 0.1) is 18.3 Å². The van der Waals surface area contributed by atoms with E-state index in [0.29, 0.717) is 30.3 Å². The number of benzene rings is 1. The molecule has 1 aliphatic rings. The van der Waals surface area contributed by atoms with E-state index in [1.807, 2.05) is 23.1 Å². The molecule has 1 amide bonds. The molecule has 2 atom stereocenters. The van der Waals surface area contributed by atoms with Crippen LogP contribution in [0.5, 0.6) is 0 Å². The van der Waals surface area contributed by atoms with Crippen LogP contribution in [0.3, 0.4) is 0 Å². The fourth-order valence-corrected chi connectivity index (χ4v) is 3.74.